The minimum Gasteiger partial charge on any atom is -0.477 e. The Morgan fingerprint density at radius 2 is 1.78 bits per heavy atom. The molecular weight excluding hydrogens is 631 g/mol. The van der Waals surface area contributed by atoms with Crippen LogP contribution in [0.1, 0.15) is 42.7 Å². The Bertz CT molecular complexity index is 1670. The second-order valence-corrected chi connectivity index (χ2v) is 14.0. The van der Waals surface area contributed by atoms with Gasteiger partial charge in [-0.2, -0.15) is 0 Å². The van der Waals surface area contributed by atoms with Gasteiger partial charge in [-0.15, -0.1) is 0 Å². The van der Waals surface area contributed by atoms with Gasteiger partial charge in [0, 0.05) is 14.3 Å². The summed E-state index contributed by atoms with van der Waals surface area (Å²) >= 11 is 2.00. The number of halogens is 2. The van der Waals surface area contributed by atoms with Crippen LogP contribution >= 0.6 is 30.0 Å². The molecule has 194 valence electrons. The van der Waals surface area contributed by atoms with Crippen molar-refractivity contribution in [2.24, 2.45) is 0 Å². The van der Waals surface area contributed by atoms with Crippen molar-refractivity contribution in [3.05, 3.63) is 87.4 Å². The normalized spacial score (nSPS) is 13.7. The predicted octanol–water partition coefficient (Wildman–Crippen LogP) is 5.71. The standard InChI is InChI=1S/C26H24FINO6PS/c1-4-35-36(32,20-13-17(16(2)3)12-18(27)14-20)25-22-15-19(28)10-11-23(22)29(24(25)26(30)31)37(33,34)21-8-6-5-7-9-21/h5-16H,4H2,1-3H3,(H,30,31). The first-order valence-electron chi connectivity index (χ1n) is 11.4. The largest absolute Gasteiger partial charge is 0.477 e. The second kappa shape index (κ2) is 10.3. The van der Waals surface area contributed by atoms with Gasteiger partial charge in [0.2, 0.25) is 0 Å². The molecule has 0 amide bonds. The van der Waals surface area contributed by atoms with Crippen LogP contribution in [-0.4, -0.2) is 30.1 Å². The number of hydrogen-bond donors (Lipinski definition) is 1. The number of hydrogen-bond acceptors (Lipinski definition) is 5. The van der Waals surface area contributed by atoms with E-state index in [2.05, 4.69) is 0 Å². The molecule has 4 rings (SSSR count). The molecule has 0 radical (unpaired) electrons. The molecule has 0 aliphatic heterocycles. The summed E-state index contributed by atoms with van der Waals surface area (Å²) in [5.41, 5.74) is -0.146. The summed E-state index contributed by atoms with van der Waals surface area (Å²) in [5.74, 6) is -2.39. The fourth-order valence-electron chi connectivity index (χ4n) is 4.20. The van der Waals surface area contributed by atoms with Gasteiger partial charge in [-0.05, 0) is 89.5 Å². The SMILES string of the molecule is CCOP(=O)(c1cc(F)cc(C(C)C)c1)c1c(C(=O)O)n(S(=O)(=O)c2ccccc2)c2ccc(I)cc12. The number of carbonyl (C=O) groups is 1. The number of carboxylic acids is 1. The fraction of sp³-hybridized carbons (Fsp3) is 0.192. The lowest BCUT2D eigenvalue weighted by atomic mass is 10.0. The highest BCUT2D eigenvalue weighted by atomic mass is 127. The molecule has 0 spiro atoms. The van der Waals surface area contributed by atoms with Crippen molar-refractivity contribution in [1.29, 1.82) is 0 Å². The van der Waals surface area contributed by atoms with Gasteiger partial charge in [-0.3, -0.25) is 4.57 Å². The van der Waals surface area contributed by atoms with Gasteiger partial charge in [-0.25, -0.2) is 21.6 Å². The van der Waals surface area contributed by atoms with Gasteiger partial charge in [0.25, 0.3) is 17.4 Å². The molecule has 7 nitrogen and oxygen atoms in total. The van der Waals surface area contributed by atoms with Crippen LogP contribution in [0.2, 0.25) is 0 Å². The molecule has 1 heterocycles. The molecule has 0 aliphatic carbocycles. The van der Waals surface area contributed by atoms with Gasteiger partial charge >= 0.3 is 5.97 Å². The lowest BCUT2D eigenvalue weighted by molar-refractivity contribution is 0.0690. The van der Waals surface area contributed by atoms with E-state index < -0.39 is 34.9 Å². The van der Waals surface area contributed by atoms with E-state index in [-0.39, 0.29) is 38.9 Å². The van der Waals surface area contributed by atoms with Gasteiger partial charge in [0.1, 0.15) is 5.82 Å². The summed E-state index contributed by atoms with van der Waals surface area (Å²) < 4.78 is 64.3. The number of benzene rings is 3. The fourth-order valence-corrected chi connectivity index (χ4v) is 8.78. The molecule has 0 aliphatic rings. The topological polar surface area (TPSA) is 103 Å². The average Bonchev–Trinajstić information content (AvgIpc) is 3.20. The number of fused-ring (bicyclic) bond motifs is 1. The highest BCUT2D eigenvalue weighted by Crippen LogP contribution is 2.49. The van der Waals surface area contributed by atoms with Crippen LogP contribution in [0.25, 0.3) is 10.9 Å². The van der Waals surface area contributed by atoms with E-state index in [1.54, 1.807) is 25.1 Å². The lowest BCUT2D eigenvalue weighted by Crippen LogP contribution is -2.27. The highest BCUT2D eigenvalue weighted by molar-refractivity contribution is 14.1. The monoisotopic (exact) mass is 655 g/mol. The van der Waals surface area contributed by atoms with Crippen molar-refractivity contribution in [3.63, 3.8) is 0 Å². The molecule has 4 aromatic rings. The van der Waals surface area contributed by atoms with E-state index in [1.165, 1.54) is 42.5 Å². The maximum Gasteiger partial charge on any atom is 0.354 e. The molecule has 11 heteroatoms. The minimum absolute atomic E-state index is 0.0251. The molecule has 0 saturated heterocycles. The second-order valence-electron chi connectivity index (χ2n) is 8.61. The lowest BCUT2D eigenvalue weighted by Gasteiger charge is -2.21. The van der Waals surface area contributed by atoms with Crippen LogP contribution in [0.3, 0.4) is 0 Å². The first kappa shape index (κ1) is 27.5. The van der Waals surface area contributed by atoms with E-state index >= 15 is 0 Å². The summed E-state index contributed by atoms with van der Waals surface area (Å²) in [6.45, 7) is 5.17. The van der Waals surface area contributed by atoms with E-state index in [9.17, 15) is 27.3 Å². The third-order valence-corrected chi connectivity index (χ3v) is 10.9. The zero-order valence-electron chi connectivity index (χ0n) is 20.2. The average molecular weight is 655 g/mol. The van der Waals surface area contributed by atoms with E-state index in [0.29, 0.717) is 13.1 Å². The van der Waals surface area contributed by atoms with Crippen LogP contribution in [0.5, 0.6) is 0 Å². The smallest absolute Gasteiger partial charge is 0.354 e. The zero-order chi connectivity index (χ0) is 27.1. The van der Waals surface area contributed by atoms with Gasteiger partial charge in [-0.1, -0.05) is 32.0 Å². The number of rotatable bonds is 8. The van der Waals surface area contributed by atoms with Crippen molar-refractivity contribution in [3.8, 4) is 0 Å². The highest BCUT2D eigenvalue weighted by Gasteiger charge is 2.41. The van der Waals surface area contributed by atoms with E-state index in [1.807, 2.05) is 36.4 Å². The van der Waals surface area contributed by atoms with Crippen molar-refractivity contribution in [2.75, 3.05) is 6.61 Å². The maximum absolute atomic E-state index is 14.8. The molecule has 1 N–H and O–H groups in total. The molecule has 0 bridgehead atoms. The summed E-state index contributed by atoms with van der Waals surface area (Å²) in [6.07, 6.45) is 0. The number of aromatic carboxylic acids is 1. The first-order chi connectivity index (χ1) is 17.4. The summed E-state index contributed by atoms with van der Waals surface area (Å²) in [6, 6.07) is 15.9. The Morgan fingerprint density at radius 1 is 1.11 bits per heavy atom. The third-order valence-electron chi connectivity index (χ3n) is 5.86. The molecule has 1 unspecified atom stereocenters. The predicted molar refractivity (Wildman–Crippen MR) is 150 cm³/mol. The number of nitrogens with zero attached hydrogens (tertiary/aromatic N) is 1. The molecule has 3 aromatic carbocycles. The zero-order valence-corrected chi connectivity index (χ0v) is 24.1. The Balaban J connectivity index is 2.21. The van der Waals surface area contributed by atoms with Gasteiger partial charge in [0.15, 0.2) is 5.69 Å². The van der Waals surface area contributed by atoms with Crippen molar-refractivity contribution in [2.45, 2.75) is 31.6 Å². The molecule has 0 saturated carbocycles. The minimum atomic E-state index is -4.44. The van der Waals surface area contributed by atoms with Gasteiger partial charge in [0.05, 0.1) is 22.3 Å². The van der Waals surface area contributed by atoms with Crippen molar-refractivity contribution in [1.82, 2.24) is 3.97 Å². The quantitative estimate of drug-likeness (QED) is 0.193. The Hall–Kier alpha value is -2.53. The Morgan fingerprint density at radius 3 is 2.38 bits per heavy atom. The van der Waals surface area contributed by atoms with Crippen LogP contribution in [0.4, 0.5) is 4.39 Å². The first-order valence-corrected chi connectivity index (χ1v) is 15.5. The van der Waals surface area contributed by atoms with Crippen LogP contribution in [-0.2, 0) is 19.1 Å². The maximum atomic E-state index is 14.8. The van der Waals surface area contributed by atoms with E-state index in [4.69, 9.17) is 4.52 Å². The van der Waals surface area contributed by atoms with Crippen molar-refractivity contribution < 1.29 is 31.8 Å². The molecule has 37 heavy (non-hydrogen) atoms. The Kier molecular flexibility index (Phi) is 7.67. The summed E-state index contributed by atoms with van der Waals surface area (Å²) in [5, 5.41) is 10.2. The molecule has 1 aromatic heterocycles. The molecular formula is C26H24FINO6PS. The Labute approximate surface area is 227 Å². The van der Waals surface area contributed by atoms with Crippen LogP contribution < -0.4 is 10.6 Å². The summed E-state index contributed by atoms with van der Waals surface area (Å²) in [7, 11) is -8.76. The van der Waals surface area contributed by atoms with Crippen LogP contribution in [0.15, 0.2) is 71.6 Å². The molecule has 1 atom stereocenters. The number of carboxylic acid groups (broad SMARTS) is 1. The number of aromatic nitrogens is 1. The van der Waals surface area contributed by atoms with Gasteiger partial charge < -0.3 is 9.63 Å². The van der Waals surface area contributed by atoms with E-state index in [0.717, 1.165) is 6.07 Å². The third kappa shape index (κ3) is 4.87. The summed E-state index contributed by atoms with van der Waals surface area (Å²) in [4.78, 5) is 12.6. The van der Waals surface area contributed by atoms with Crippen molar-refractivity contribution >= 4 is 67.5 Å². The molecule has 0 fully saturated rings. The van der Waals surface area contributed by atoms with Crippen LogP contribution in [0, 0.1) is 9.39 Å².